The maximum atomic E-state index is 12.3. The van der Waals surface area contributed by atoms with Crippen LogP contribution >= 0.6 is 0 Å². The van der Waals surface area contributed by atoms with Gasteiger partial charge < -0.3 is 35.1 Å². The fourth-order valence-electron chi connectivity index (χ4n) is 2.79. The molecule has 1 rings (SSSR count). The van der Waals surface area contributed by atoms with E-state index in [1.165, 1.54) is 0 Å². The lowest BCUT2D eigenvalue weighted by atomic mass is 9.96. The molecule has 1 atom stereocenters. The number of carboxylic acid groups (broad SMARTS) is 2. The average Bonchev–Trinajstić information content (AvgIpc) is 2.59. The summed E-state index contributed by atoms with van der Waals surface area (Å²) in [5.74, 6) is -3.15. The second kappa shape index (κ2) is 12.4. The summed E-state index contributed by atoms with van der Waals surface area (Å²) in [7, 11) is 0. The molecule has 0 aromatic rings. The van der Waals surface area contributed by atoms with E-state index >= 15 is 0 Å². The number of carbonyl (C=O) groups is 3. The van der Waals surface area contributed by atoms with Crippen LogP contribution in [0, 0.1) is 0 Å². The van der Waals surface area contributed by atoms with Gasteiger partial charge in [0.25, 0.3) is 0 Å². The van der Waals surface area contributed by atoms with Crippen molar-refractivity contribution in [2.75, 3.05) is 26.3 Å². The Bertz CT molecular complexity index is 549. The molecule has 168 valence electrons. The lowest BCUT2D eigenvalue weighted by molar-refractivity contribution is -0.258. The van der Waals surface area contributed by atoms with Gasteiger partial charge in [-0.25, -0.2) is 14.4 Å². The molecule has 10 heteroatoms. The number of hydrogen-bond donors (Lipinski definition) is 3. The van der Waals surface area contributed by atoms with Gasteiger partial charge in [-0.05, 0) is 34.6 Å². The van der Waals surface area contributed by atoms with Gasteiger partial charge in [0.05, 0.1) is 6.04 Å². The van der Waals surface area contributed by atoms with Crippen LogP contribution in [0.5, 0.6) is 0 Å². The summed E-state index contributed by atoms with van der Waals surface area (Å²) in [4.78, 5) is 33.1. The molecule has 0 unspecified atom stereocenters. The molecule has 0 aliphatic carbocycles. The van der Waals surface area contributed by atoms with E-state index in [1.807, 2.05) is 34.6 Å². The zero-order valence-corrected chi connectivity index (χ0v) is 17.8. The Morgan fingerprint density at radius 1 is 1.10 bits per heavy atom. The molecule has 1 fully saturated rings. The average molecular weight is 418 g/mol. The standard InChI is InChI=1S/C15H30N2O4.C4H4O4/c1-6-19-15(20-7-2)8-9-17(12(10-15)11-16)13(18)21-14(3,4)5;5-3(6)1-2-4(7)8/h12H,6-11,16H2,1-5H3;1-2H,(H,5,6)(H,7,8)/b;2-1+/t12-;/m1./s1. The quantitative estimate of drug-likeness (QED) is 0.416. The summed E-state index contributed by atoms with van der Waals surface area (Å²) in [6.45, 7) is 11.5. The van der Waals surface area contributed by atoms with Gasteiger partial charge in [0.2, 0.25) is 0 Å². The van der Waals surface area contributed by atoms with Crippen LogP contribution in [0.4, 0.5) is 4.79 Å². The van der Waals surface area contributed by atoms with E-state index in [0.29, 0.717) is 51.3 Å². The maximum absolute atomic E-state index is 12.3. The van der Waals surface area contributed by atoms with E-state index in [0.717, 1.165) is 0 Å². The van der Waals surface area contributed by atoms with Crippen LogP contribution in [-0.4, -0.2) is 76.9 Å². The predicted molar refractivity (Wildman–Crippen MR) is 105 cm³/mol. The number of ether oxygens (including phenoxy) is 3. The summed E-state index contributed by atoms with van der Waals surface area (Å²) in [6.07, 6.45) is 2.00. The van der Waals surface area contributed by atoms with Crippen molar-refractivity contribution in [3.63, 3.8) is 0 Å². The van der Waals surface area contributed by atoms with Gasteiger partial charge in [0.15, 0.2) is 5.79 Å². The van der Waals surface area contributed by atoms with Gasteiger partial charge in [-0.3, -0.25) is 0 Å². The van der Waals surface area contributed by atoms with Crippen LogP contribution in [-0.2, 0) is 23.8 Å². The molecule has 1 heterocycles. The first-order chi connectivity index (χ1) is 13.4. The summed E-state index contributed by atoms with van der Waals surface area (Å²) in [5.41, 5.74) is 5.34. The van der Waals surface area contributed by atoms with E-state index < -0.39 is 23.3 Å². The Kier molecular flexibility index (Phi) is 11.5. The first-order valence-electron chi connectivity index (χ1n) is 9.51. The van der Waals surface area contributed by atoms with Crippen LogP contribution in [0.3, 0.4) is 0 Å². The molecule has 0 bridgehead atoms. The number of amides is 1. The molecular formula is C19H34N2O8. The normalized spacial score (nSPS) is 18.7. The predicted octanol–water partition coefficient (Wildman–Crippen LogP) is 1.83. The van der Waals surface area contributed by atoms with Crippen molar-refractivity contribution in [3.8, 4) is 0 Å². The Balaban J connectivity index is 0.000000828. The highest BCUT2D eigenvalue weighted by Crippen LogP contribution is 2.32. The van der Waals surface area contributed by atoms with Gasteiger partial charge >= 0.3 is 18.0 Å². The van der Waals surface area contributed by atoms with Crippen LogP contribution in [0.2, 0.25) is 0 Å². The molecular weight excluding hydrogens is 384 g/mol. The molecule has 0 radical (unpaired) electrons. The van der Waals surface area contributed by atoms with Gasteiger partial charge in [-0.1, -0.05) is 0 Å². The highest BCUT2D eigenvalue weighted by Gasteiger charge is 2.43. The van der Waals surface area contributed by atoms with Gasteiger partial charge in [0.1, 0.15) is 5.60 Å². The van der Waals surface area contributed by atoms with Crippen LogP contribution in [0.25, 0.3) is 0 Å². The molecule has 4 N–H and O–H groups in total. The second-order valence-corrected chi connectivity index (χ2v) is 7.30. The molecule has 0 saturated carbocycles. The second-order valence-electron chi connectivity index (χ2n) is 7.30. The minimum Gasteiger partial charge on any atom is -0.478 e. The number of nitrogens with zero attached hydrogens (tertiary/aromatic N) is 1. The third-order valence-corrected chi connectivity index (χ3v) is 3.80. The fraction of sp³-hybridized carbons (Fsp3) is 0.737. The number of piperidine rings is 1. The minimum atomic E-state index is -1.26. The van der Waals surface area contributed by atoms with Gasteiger partial charge in [-0.15, -0.1) is 0 Å². The van der Waals surface area contributed by atoms with Crippen molar-refractivity contribution in [1.82, 2.24) is 4.90 Å². The highest BCUT2D eigenvalue weighted by molar-refractivity contribution is 5.89. The molecule has 1 amide bonds. The molecule has 1 saturated heterocycles. The fourth-order valence-corrected chi connectivity index (χ4v) is 2.79. The summed E-state index contributed by atoms with van der Waals surface area (Å²) >= 11 is 0. The van der Waals surface area contributed by atoms with Crippen molar-refractivity contribution in [1.29, 1.82) is 0 Å². The number of hydrogen-bond acceptors (Lipinski definition) is 7. The Labute approximate surface area is 171 Å². The summed E-state index contributed by atoms with van der Waals surface area (Å²) in [6, 6.07) is -0.133. The molecule has 1 aliphatic heterocycles. The van der Waals surface area contributed by atoms with Crippen molar-refractivity contribution in [3.05, 3.63) is 12.2 Å². The Hall–Kier alpha value is -2.17. The maximum Gasteiger partial charge on any atom is 0.410 e. The minimum absolute atomic E-state index is 0.133. The topological polar surface area (TPSA) is 149 Å². The molecule has 0 aromatic carbocycles. The third kappa shape index (κ3) is 10.8. The Morgan fingerprint density at radius 3 is 1.93 bits per heavy atom. The van der Waals surface area contributed by atoms with Crippen molar-refractivity contribution in [2.45, 2.75) is 64.9 Å². The van der Waals surface area contributed by atoms with Crippen LogP contribution in [0.15, 0.2) is 12.2 Å². The largest absolute Gasteiger partial charge is 0.478 e. The van der Waals surface area contributed by atoms with Crippen molar-refractivity contribution in [2.24, 2.45) is 5.73 Å². The number of carbonyl (C=O) groups excluding carboxylic acids is 1. The van der Waals surface area contributed by atoms with Crippen LogP contribution < -0.4 is 5.73 Å². The van der Waals surface area contributed by atoms with Crippen LogP contribution in [0.1, 0.15) is 47.5 Å². The highest BCUT2D eigenvalue weighted by atomic mass is 16.7. The molecule has 1 aliphatic rings. The monoisotopic (exact) mass is 418 g/mol. The van der Waals surface area contributed by atoms with Gasteiger partial charge in [0, 0.05) is 51.3 Å². The molecule has 29 heavy (non-hydrogen) atoms. The van der Waals surface area contributed by atoms with Gasteiger partial charge in [-0.2, -0.15) is 0 Å². The third-order valence-electron chi connectivity index (χ3n) is 3.80. The lowest BCUT2D eigenvalue weighted by Gasteiger charge is -2.45. The summed E-state index contributed by atoms with van der Waals surface area (Å²) < 4.78 is 17.1. The molecule has 0 spiro atoms. The number of aliphatic carboxylic acids is 2. The van der Waals surface area contributed by atoms with Crippen molar-refractivity contribution >= 4 is 18.0 Å². The van der Waals surface area contributed by atoms with E-state index in [-0.39, 0.29) is 12.1 Å². The van der Waals surface area contributed by atoms with E-state index in [2.05, 4.69) is 0 Å². The van der Waals surface area contributed by atoms with E-state index in [4.69, 9.17) is 30.2 Å². The first-order valence-corrected chi connectivity index (χ1v) is 9.51. The number of likely N-dealkylation sites (tertiary alicyclic amines) is 1. The summed E-state index contributed by atoms with van der Waals surface area (Å²) in [5, 5.41) is 15.6. The smallest absolute Gasteiger partial charge is 0.410 e. The molecule has 10 nitrogen and oxygen atoms in total. The van der Waals surface area contributed by atoms with Crippen molar-refractivity contribution < 1.29 is 38.8 Å². The Morgan fingerprint density at radius 2 is 1.59 bits per heavy atom. The van der Waals surface area contributed by atoms with E-state index in [1.54, 1.807) is 4.90 Å². The zero-order chi connectivity index (χ0) is 22.7. The number of carboxylic acids is 2. The molecule has 0 aromatic heterocycles. The number of nitrogens with two attached hydrogens (primary N) is 1. The SMILES string of the molecule is CCOC1(OCC)CCN(C(=O)OC(C)(C)C)[C@@H](CN)C1.O=C(O)/C=C/C(=O)O. The van der Waals surface area contributed by atoms with E-state index in [9.17, 15) is 14.4 Å². The number of rotatable bonds is 7. The first kappa shape index (κ1) is 26.8. The lowest BCUT2D eigenvalue weighted by Crippen LogP contribution is -2.57. The zero-order valence-electron chi connectivity index (χ0n) is 17.8.